The fourth-order valence-corrected chi connectivity index (χ4v) is 3.81. The minimum atomic E-state index is -0.217. The van der Waals surface area contributed by atoms with Crippen molar-refractivity contribution in [2.45, 2.75) is 39.5 Å². The molecule has 1 heterocycles. The van der Waals surface area contributed by atoms with Crippen LogP contribution < -0.4 is 9.64 Å². The number of imide groups is 1. The Morgan fingerprint density at radius 1 is 0.867 bits per heavy atom. The van der Waals surface area contributed by atoms with Gasteiger partial charge in [-0.2, -0.15) is 0 Å². The first-order valence-corrected chi connectivity index (χ1v) is 10.7. The quantitative estimate of drug-likeness (QED) is 0.417. The number of likely N-dealkylation sites (N-methyl/N-ethyl adjacent to an activating group) is 1. The summed E-state index contributed by atoms with van der Waals surface area (Å²) in [6.45, 7) is 5.18. The molecule has 0 bridgehead atoms. The van der Waals surface area contributed by atoms with Crippen LogP contribution >= 0.6 is 0 Å². The van der Waals surface area contributed by atoms with Gasteiger partial charge in [0.1, 0.15) is 11.4 Å². The van der Waals surface area contributed by atoms with Gasteiger partial charge >= 0.3 is 0 Å². The average Bonchev–Trinajstić information content (AvgIpc) is 3.03. The summed E-state index contributed by atoms with van der Waals surface area (Å²) in [4.78, 5) is 30.2. The van der Waals surface area contributed by atoms with E-state index < -0.39 is 0 Å². The van der Waals surface area contributed by atoms with Gasteiger partial charge in [-0.1, -0.05) is 56.5 Å². The summed E-state index contributed by atoms with van der Waals surface area (Å²) in [5.41, 5.74) is 2.54. The van der Waals surface area contributed by atoms with Crippen molar-refractivity contribution in [3.8, 4) is 5.75 Å². The highest BCUT2D eigenvalue weighted by molar-refractivity contribution is 6.36. The SMILES string of the molecule is CCCCCCN1C(=O)C(c2ccc(OC)cc2)=C(N(CC)c2ccccc2)C1=O. The number of unbranched alkanes of at least 4 members (excludes halogenated alkanes) is 3. The van der Waals surface area contributed by atoms with Crippen LogP contribution in [0.5, 0.6) is 5.75 Å². The number of carbonyl (C=O) groups is 2. The normalized spacial score (nSPS) is 13.9. The summed E-state index contributed by atoms with van der Waals surface area (Å²) in [6.07, 6.45) is 4.05. The van der Waals surface area contributed by atoms with E-state index in [1.807, 2.05) is 66.4 Å². The number of anilines is 1. The lowest BCUT2D eigenvalue weighted by Gasteiger charge is -2.25. The maximum Gasteiger partial charge on any atom is 0.278 e. The summed E-state index contributed by atoms with van der Waals surface area (Å²) in [6, 6.07) is 17.1. The second-order valence-electron chi connectivity index (χ2n) is 7.35. The van der Waals surface area contributed by atoms with Crippen LogP contribution in [0, 0.1) is 0 Å². The van der Waals surface area contributed by atoms with Gasteiger partial charge in [-0.15, -0.1) is 0 Å². The molecule has 158 valence electrons. The molecule has 0 saturated heterocycles. The Morgan fingerprint density at radius 3 is 2.17 bits per heavy atom. The number of nitrogens with zero attached hydrogens (tertiary/aromatic N) is 2. The van der Waals surface area contributed by atoms with E-state index in [4.69, 9.17) is 4.74 Å². The molecule has 0 aliphatic carbocycles. The molecule has 2 aromatic carbocycles. The van der Waals surface area contributed by atoms with Crippen molar-refractivity contribution in [2.75, 3.05) is 25.1 Å². The van der Waals surface area contributed by atoms with Crippen LogP contribution in [0.15, 0.2) is 60.3 Å². The molecular formula is C25H30N2O3. The lowest BCUT2D eigenvalue weighted by molar-refractivity contribution is -0.137. The first kappa shape index (κ1) is 21.6. The van der Waals surface area contributed by atoms with Crippen LogP contribution in [0.3, 0.4) is 0 Å². The molecular weight excluding hydrogens is 376 g/mol. The first-order valence-electron chi connectivity index (χ1n) is 10.7. The molecule has 1 aliphatic heterocycles. The Kier molecular flexibility index (Phi) is 7.28. The number of benzene rings is 2. The van der Waals surface area contributed by atoms with E-state index in [1.54, 1.807) is 7.11 Å². The van der Waals surface area contributed by atoms with Gasteiger partial charge < -0.3 is 9.64 Å². The van der Waals surface area contributed by atoms with Crippen LogP contribution in [-0.4, -0.2) is 36.9 Å². The first-order chi connectivity index (χ1) is 14.6. The van der Waals surface area contributed by atoms with Gasteiger partial charge in [0.15, 0.2) is 0 Å². The van der Waals surface area contributed by atoms with Crippen LogP contribution in [0.25, 0.3) is 5.57 Å². The van der Waals surface area contributed by atoms with E-state index in [2.05, 4.69) is 6.92 Å². The van der Waals surface area contributed by atoms with E-state index in [0.29, 0.717) is 30.1 Å². The number of amides is 2. The van der Waals surface area contributed by atoms with Gasteiger partial charge in [0.25, 0.3) is 11.8 Å². The van der Waals surface area contributed by atoms with Crippen molar-refractivity contribution in [3.63, 3.8) is 0 Å². The number of hydrogen-bond acceptors (Lipinski definition) is 4. The molecule has 2 aromatic rings. The number of carbonyl (C=O) groups excluding carboxylic acids is 2. The predicted octanol–water partition coefficient (Wildman–Crippen LogP) is 4.88. The molecule has 0 spiro atoms. The molecule has 1 aliphatic rings. The molecule has 0 N–H and O–H groups in total. The summed E-state index contributed by atoms with van der Waals surface area (Å²) >= 11 is 0. The fourth-order valence-electron chi connectivity index (χ4n) is 3.81. The van der Waals surface area contributed by atoms with Crippen molar-refractivity contribution in [1.82, 2.24) is 4.90 Å². The third-order valence-corrected chi connectivity index (χ3v) is 5.41. The van der Waals surface area contributed by atoms with Crippen molar-refractivity contribution in [2.24, 2.45) is 0 Å². The molecule has 30 heavy (non-hydrogen) atoms. The van der Waals surface area contributed by atoms with Crippen LogP contribution in [-0.2, 0) is 9.59 Å². The Bertz CT molecular complexity index is 904. The van der Waals surface area contributed by atoms with Gasteiger partial charge in [-0.05, 0) is 43.2 Å². The summed E-state index contributed by atoms with van der Waals surface area (Å²) in [5, 5.41) is 0. The standard InChI is InChI=1S/C25H30N2O3/c1-4-6-7-11-18-27-24(28)22(19-14-16-21(30-3)17-15-19)23(25(27)29)26(5-2)20-12-9-8-10-13-20/h8-10,12-17H,4-7,11,18H2,1-3H3. The van der Waals surface area contributed by atoms with Gasteiger partial charge in [0.05, 0.1) is 12.7 Å². The minimum absolute atomic E-state index is 0.215. The lowest BCUT2D eigenvalue weighted by Crippen LogP contribution is -2.36. The van der Waals surface area contributed by atoms with E-state index in [0.717, 1.165) is 36.9 Å². The third kappa shape index (κ3) is 4.40. The second-order valence-corrected chi connectivity index (χ2v) is 7.35. The number of methoxy groups -OCH3 is 1. The maximum atomic E-state index is 13.4. The number of rotatable bonds is 10. The van der Waals surface area contributed by atoms with Crippen molar-refractivity contribution in [1.29, 1.82) is 0 Å². The highest BCUT2D eigenvalue weighted by atomic mass is 16.5. The molecule has 3 rings (SSSR count). The molecule has 5 heteroatoms. The van der Waals surface area contributed by atoms with E-state index in [-0.39, 0.29) is 11.8 Å². The highest BCUT2D eigenvalue weighted by Crippen LogP contribution is 2.35. The van der Waals surface area contributed by atoms with Crippen molar-refractivity contribution < 1.29 is 14.3 Å². The number of ether oxygens (including phenoxy) is 1. The zero-order chi connectivity index (χ0) is 21.5. The van der Waals surface area contributed by atoms with E-state index >= 15 is 0 Å². The Morgan fingerprint density at radius 2 is 1.57 bits per heavy atom. The molecule has 0 fully saturated rings. The van der Waals surface area contributed by atoms with Gasteiger partial charge in [-0.25, -0.2) is 0 Å². The van der Waals surface area contributed by atoms with Crippen molar-refractivity contribution >= 4 is 23.1 Å². The summed E-state index contributed by atoms with van der Waals surface area (Å²) in [5.74, 6) is 0.281. The van der Waals surface area contributed by atoms with Gasteiger partial charge in [0.2, 0.25) is 0 Å². The minimum Gasteiger partial charge on any atom is -0.497 e. The Labute approximate surface area is 178 Å². The van der Waals surface area contributed by atoms with Gasteiger partial charge in [0, 0.05) is 18.8 Å². The fraction of sp³-hybridized carbons (Fsp3) is 0.360. The summed E-state index contributed by atoms with van der Waals surface area (Å²) in [7, 11) is 1.61. The largest absolute Gasteiger partial charge is 0.497 e. The molecule has 2 amide bonds. The third-order valence-electron chi connectivity index (χ3n) is 5.41. The van der Waals surface area contributed by atoms with Crippen LogP contribution in [0.4, 0.5) is 5.69 Å². The molecule has 0 aromatic heterocycles. The zero-order valence-electron chi connectivity index (χ0n) is 18.1. The molecule has 0 atom stereocenters. The molecule has 0 saturated carbocycles. The van der Waals surface area contributed by atoms with Gasteiger partial charge in [-0.3, -0.25) is 14.5 Å². The Balaban J connectivity index is 2.03. The van der Waals surface area contributed by atoms with E-state index in [9.17, 15) is 9.59 Å². The molecule has 0 unspecified atom stereocenters. The maximum absolute atomic E-state index is 13.4. The highest BCUT2D eigenvalue weighted by Gasteiger charge is 2.41. The smallest absolute Gasteiger partial charge is 0.278 e. The zero-order valence-corrected chi connectivity index (χ0v) is 18.1. The van der Waals surface area contributed by atoms with Crippen LogP contribution in [0.1, 0.15) is 45.1 Å². The van der Waals surface area contributed by atoms with Crippen LogP contribution in [0.2, 0.25) is 0 Å². The number of hydrogen-bond donors (Lipinski definition) is 0. The second kappa shape index (κ2) is 10.1. The molecule has 0 radical (unpaired) electrons. The summed E-state index contributed by atoms with van der Waals surface area (Å²) < 4.78 is 5.25. The topological polar surface area (TPSA) is 49.9 Å². The average molecular weight is 407 g/mol. The van der Waals surface area contributed by atoms with Crippen molar-refractivity contribution in [3.05, 3.63) is 65.9 Å². The lowest BCUT2D eigenvalue weighted by atomic mass is 10.0. The molecule has 5 nitrogen and oxygen atoms in total. The number of para-hydroxylation sites is 1. The monoisotopic (exact) mass is 406 g/mol. The van der Waals surface area contributed by atoms with E-state index in [1.165, 1.54) is 4.90 Å². The Hall–Kier alpha value is -3.08. The predicted molar refractivity (Wildman–Crippen MR) is 120 cm³/mol.